The Balaban J connectivity index is 1.76. The third-order valence-electron chi connectivity index (χ3n) is 5.72. The van der Waals surface area contributed by atoms with Gasteiger partial charge in [0.05, 0.1) is 5.56 Å². The number of nitrogens with zero attached hydrogens (tertiary/aromatic N) is 1. The molecule has 0 fully saturated rings. The first-order valence-corrected chi connectivity index (χ1v) is 11.3. The van der Waals surface area contributed by atoms with Crippen LogP contribution in [0, 0.1) is 6.92 Å². The number of nitrogen functional groups attached to an aromatic ring is 1. The van der Waals surface area contributed by atoms with Crippen LogP contribution < -0.4 is 21.9 Å². The predicted octanol–water partition coefficient (Wildman–Crippen LogP) is 3.15. The highest BCUT2D eigenvalue weighted by Gasteiger charge is 2.27. The Morgan fingerprint density at radius 1 is 1.17 bits per heavy atom. The molecule has 1 aliphatic carbocycles. The number of aryl methyl sites for hydroxylation is 1. The second-order valence-corrected chi connectivity index (χ2v) is 8.53. The van der Waals surface area contributed by atoms with E-state index in [1.165, 1.54) is 11.3 Å². The Morgan fingerprint density at radius 2 is 1.93 bits per heavy atom. The number of nitrogens with one attached hydrogen (secondary N) is 3. The molecule has 0 bridgehead atoms. The van der Waals surface area contributed by atoms with E-state index in [-0.39, 0.29) is 11.8 Å². The largest absolute Gasteiger partial charge is 0.384 e. The van der Waals surface area contributed by atoms with Gasteiger partial charge in [0, 0.05) is 29.2 Å². The molecule has 0 saturated carbocycles. The fraction of sp³-hybridized carbons (Fsp3) is 0.455. The molecule has 162 valence electrons. The van der Waals surface area contributed by atoms with E-state index in [1.54, 1.807) is 0 Å². The zero-order chi connectivity index (χ0) is 21.7. The molecule has 0 unspecified atom stereocenters. The summed E-state index contributed by atoms with van der Waals surface area (Å²) >= 11 is 1.48. The zero-order valence-electron chi connectivity index (χ0n) is 17.9. The van der Waals surface area contributed by atoms with Crippen LogP contribution in [-0.2, 0) is 12.8 Å². The molecule has 2 amide bonds. The molecule has 2 aromatic rings. The first kappa shape index (κ1) is 22.3. The Kier molecular flexibility index (Phi) is 7.47. The lowest BCUT2D eigenvalue weighted by Crippen LogP contribution is -2.31. The van der Waals surface area contributed by atoms with Crippen LogP contribution in [0.25, 0.3) is 0 Å². The molecule has 1 aromatic carbocycles. The summed E-state index contributed by atoms with van der Waals surface area (Å²) in [5.74, 6) is 4.81. The Labute approximate surface area is 182 Å². The zero-order valence-corrected chi connectivity index (χ0v) is 18.7. The molecular weight excluding hydrogens is 398 g/mol. The fourth-order valence-corrected chi connectivity index (χ4v) is 5.22. The topological polar surface area (TPSA) is 99.5 Å². The Bertz CT molecular complexity index is 920. The number of benzene rings is 1. The lowest BCUT2D eigenvalue weighted by atomic mass is 10.1. The standard InChI is InChI=1S/C22H31N5O2S/c1-4-27(5-2)13-12-24-17-10-6-8-15(14(17)3)20(28)25-22-19(21(29)26-23)16-9-7-11-18(16)30-22/h6,8,10,24H,4-5,7,9,11-13,23H2,1-3H3,(H,25,28)(H,26,29). The van der Waals surface area contributed by atoms with E-state index in [4.69, 9.17) is 5.84 Å². The monoisotopic (exact) mass is 429 g/mol. The molecule has 1 aromatic heterocycles. The van der Waals surface area contributed by atoms with Gasteiger partial charge >= 0.3 is 0 Å². The van der Waals surface area contributed by atoms with Crippen molar-refractivity contribution in [3.8, 4) is 0 Å². The number of rotatable bonds is 9. The van der Waals surface area contributed by atoms with Crippen LogP contribution >= 0.6 is 11.3 Å². The molecule has 0 radical (unpaired) electrons. The van der Waals surface area contributed by atoms with E-state index >= 15 is 0 Å². The second kappa shape index (κ2) is 10.1. The molecule has 0 atom stereocenters. The summed E-state index contributed by atoms with van der Waals surface area (Å²) in [6.45, 7) is 10.0. The fourth-order valence-electron chi connectivity index (χ4n) is 3.94. The summed E-state index contributed by atoms with van der Waals surface area (Å²) in [4.78, 5) is 28.9. The maximum absolute atomic E-state index is 13.0. The number of hydrogen-bond acceptors (Lipinski definition) is 6. The van der Waals surface area contributed by atoms with E-state index in [1.807, 2.05) is 25.1 Å². The van der Waals surface area contributed by atoms with Gasteiger partial charge in [-0.05, 0) is 62.5 Å². The van der Waals surface area contributed by atoms with Crippen molar-refractivity contribution in [2.24, 2.45) is 5.84 Å². The Hall–Kier alpha value is -2.42. The smallest absolute Gasteiger partial charge is 0.268 e. The summed E-state index contributed by atoms with van der Waals surface area (Å²) in [5, 5.41) is 6.98. The maximum Gasteiger partial charge on any atom is 0.268 e. The summed E-state index contributed by atoms with van der Waals surface area (Å²) < 4.78 is 0. The molecule has 0 saturated heterocycles. The van der Waals surface area contributed by atoms with E-state index < -0.39 is 0 Å². The van der Waals surface area contributed by atoms with Gasteiger partial charge in [-0.2, -0.15) is 0 Å². The number of carbonyl (C=O) groups excluding carboxylic acids is 2. The van der Waals surface area contributed by atoms with Crippen molar-refractivity contribution >= 4 is 33.8 Å². The van der Waals surface area contributed by atoms with Crippen LogP contribution in [0.1, 0.15) is 57.0 Å². The van der Waals surface area contributed by atoms with Crippen LogP contribution in [-0.4, -0.2) is 42.9 Å². The van der Waals surface area contributed by atoms with Crippen molar-refractivity contribution in [2.45, 2.75) is 40.0 Å². The average molecular weight is 430 g/mol. The van der Waals surface area contributed by atoms with Crippen molar-refractivity contribution in [3.63, 3.8) is 0 Å². The molecule has 3 rings (SSSR count). The third kappa shape index (κ3) is 4.66. The van der Waals surface area contributed by atoms with E-state index in [2.05, 4.69) is 34.8 Å². The summed E-state index contributed by atoms with van der Waals surface area (Å²) in [6.07, 6.45) is 2.81. The average Bonchev–Trinajstić information content (AvgIpc) is 3.32. The van der Waals surface area contributed by atoms with Gasteiger partial charge in [-0.15, -0.1) is 11.3 Å². The number of nitrogens with two attached hydrogens (primary N) is 1. The Morgan fingerprint density at radius 3 is 2.63 bits per heavy atom. The van der Waals surface area contributed by atoms with Crippen LogP contribution in [0.4, 0.5) is 10.7 Å². The van der Waals surface area contributed by atoms with Gasteiger partial charge in [0.2, 0.25) is 0 Å². The molecule has 1 heterocycles. The lowest BCUT2D eigenvalue weighted by molar-refractivity contribution is 0.0954. The number of hydrazine groups is 1. The van der Waals surface area contributed by atoms with Crippen molar-refractivity contribution in [2.75, 3.05) is 36.8 Å². The van der Waals surface area contributed by atoms with Crippen molar-refractivity contribution in [1.82, 2.24) is 10.3 Å². The van der Waals surface area contributed by atoms with Gasteiger partial charge in [-0.3, -0.25) is 15.0 Å². The minimum atomic E-state index is -0.353. The minimum absolute atomic E-state index is 0.217. The molecule has 30 heavy (non-hydrogen) atoms. The quantitative estimate of drug-likeness (QED) is 0.279. The molecular formula is C22H31N5O2S. The number of fused-ring (bicyclic) bond motifs is 1. The molecule has 5 N–H and O–H groups in total. The van der Waals surface area contributed by atoms with Crippen LogP contribution in [0.3, 0.4) is 0 Å². The highest BCUT2D eigenvalue weighted by Crippen LogP contribution is 2.39. The van der Waals surface area contributed by atoms with E-state index in [0.29, 0.717) is 16.1 Å². The molecule has 1 aliphatic rings. The highest BCUT2D eigenvalue weighted by atomic mass is 32.1. The molecule has 8 heteroatoms. The summed E-state index contributed by atoms with van der Waals surface area (Å²) in [5.41, 5.74) is 6.17. The molecule has 0 aliphatic heterocycles. The van der Waals surface area contributed by atoms with Crippen molar-refractivity contribution < 1.29 is 9.59 Å². The number of hydrogen-bond donors (Lipinski definition) is 4. The van der Waals surface area contributed by atoms with Crippen LogP contribution in [0.2, 0.25) is 0 Å². The molecule has 7 nitrogen and oxygen atoms in total. The van der Waals surface area contributed by atoms with Crippen LogP contribution in [0.15, 0.2) is 18.2 Å². The first-order chi connectivity index (χ1) is 14.5. The van der Waals surface area contributed by atoms with Gasteiger partial charge in [0.25, 0.3) is 11.8 Å². The van der Waals surface area contributed by atoms with Gasteiger partial charge < -0.3 is 15.5 Å². The van der Waals surface area contributed by atoms with Gasteiger partial charge in [0.15, 0.2) is 0 Å². The van der Waals surface area contributed by atoms with Gasteiger partial charge in [-0.1, -0.05) is 19.9 Å². The second-order valence-electron chi connectivity index (χ2n) is 7.42. The maximum atomic E-state index is 13.0. The third-order valence-corrected chi connectivity index (χ3v) is 6.93. The predicted molar refractivity (Wildman–Crippen MR) is 123 cm³/mol. The van der Waals surface area contributed by atoms with Crippen molar-refractivity contribution in [1.29, 1.82) is 0 Å². The number of amides is 2. The van der Waals surface area contributed by atoms with E-state index in [0.717, 1.165) is 67.1 Å². The highest BCUT2D eigenvalue weighted by molar-refractivity contribution is 7.17. The van der Waals surface area contributed by atoms with Gasteiger partial charge in [0.1, 0.15) is 5.00 Å². The summed E-state index contributed by atoms with van der Waals surface area (Å²) in [7, 11) is 0. The number of anilines is 2. The van der Waals surface area contributed by atoms with E-state index in [9.17, 15) is 9.59 Å². The number of thiophene rings is 1. The number of likely N-dealkylation sites (N-methyl/N-ethyl adjacent to an activating group) is 1. The first-order valence-electron chi connectivity index (χ1n) is 10.5. The minimum Gasteiger partial charge on any atom is -0.384 e. The lowest BCUT2D eigenvalue weighted by Gasteiger charge is -2.19. The normalized spacial score (nSPS) is 12.7. The summed E-state index contributed by atoms with van der Waals surface area (Å²) in [6, 6.07) is 5.68. The molecule has 0 spiro atoms. The van der Waals surface area contributed by atoms with Crippen molar-refractivity contribution in [3.05, 3.63) is 45.3 Å². The van der Waals surface area contributed by atoms with Crippen LogP contribution in [0.5, 0.6) is 0 Å². The number of carbonyl (C=O) groups is 2. The van der Waals surface area contributed by atoms with Gasteiger partial charge in [-0.25, -0.2) is 5.84 Å². The SMILES string of the molecule is CCN(CC)CCNc1cccc(C(=O)Nc2sc3c(c2C(=O)NN)CCC3)c1C.